The number of nitrogens with one attached hydrogen (secondary N) is 2. The van der Waals surface area contributed by atoms with Crippen molar-refractivity contribution in [1.29, 1.82) is 0 Å². The van der Waals surface area contributed by atoms with E-state index in [4.69, 9.17) is 0 Å². The smallest absolute Gasteiger partial charge is 0.255 e. The molecule has 3 aromatic rings. The van der Waals surface area contributed by atoms with Crippen molar-refractivity contribution in [3.63, 3.8) is 0 Å². The van der Waals surface area contributed by atoms with Gasteiger partial charge in [0, 0.05) is 30.5 Å². The molecule has 0 atom stereocenters. The fraction of sp³-hybridized carbons (Fsp3) is 0.100. The zero-order valence-electron chi connectivity index (χ0n) is 13.6. The summed E-state index contributed by atoms with van der Waals surface area (Å²) in [7, 11) is 0. The third-order valence-corrected chi connectivity index (χ3v) is 3.65. The van der Waals surface area contributed by atoms with Gasteiger partial charge in [-0.1, -0.05) is 18.2 Å². The standard InChI is InChI=1S/C20H18FN3O/c21-17-9-7-16(8-10-17)20(25)24-18-6-3-4-15(12-18)13-22-14-19-5-1-2-11-23-19/h1-12,22H,13-14H2,(H,24,25). The van der Waals surface area contributed by atoms with E-state index in [9.17, 15) is 9.18 Å². The molecule has 5 heteroatoms. The van der Waals surface area contributed by atoms with Crippen molar-refractivity contribution in [1.82, 2.24) is 10.3 Å². The van der Waals surface area contributed by atoms with Gasteiger partial charge < -0.3 is 10.6 Å². The van der Waals surface area contributed by atoms with Crippen LogP contribution in [0.1, 0.15) is 21.6 Å². The normalized spacial score (nSPS) is 10.4. The number of rotatable bonds is 6. The summed E-state index contributed by atoms with van der Waals surface area (Å²) in [6, 6.07) is 18.9. The molecule has 2 N–H and O–H groups in total. The monoisotopic (exact) mass is 335 g/mol. The van der Waals surface area contributed by atoms with Crippen LogP contribution in [-0.2, 0) is 13.1 Å². The van der Waals surface area contributed by atoms with Gasteiger partial charge in [0.05, 0.1) is 5.69 Å². The summed E-state index contributed by atoms with van der Waals surface area (Å²) in [6.45, 7) is 1.34. The van der Waals surface area contributed by atoms with E-state index < -0.39 is 0 Å². The van der Waals surface area contributed by atoms with Crippen LogP contribution in [-0.4, -0.2) is 10.9 Å². The van der Waals surface area contributed by atoms with Crippen molar-refractivity contribution < 1.29 is 9.18 Å². The SMILES string of the molecule is O=C(Nc1cccc(CNCc2ccccn2)c1)c1ccc(F)cc1. The Morgan fingerprint density at radius 1 is 0.960 bits per heavy atom. The summed E-state index contributed by atoms with van der Waals surface area (Å²) < 4.78 is 12.9. The van der Waals surface area contributed by atoms with Crippen LogP contribution in [0.5, 0.6) is 0 Å². The molecule has 25 heavy (non-hydrogen) atoms. The molecule has 2 aromatic carbocycles. The Hall–Kier alpha value is -3.05. The summed E-state index contributed by atoms with van der Waals surface area (Å²) in [5, 5.41) is 6.14. The van der Waals surface area contributed by atoms with Crippen molar-refractivity contribution in [2.45, 2.75) is 13.1 Å². The van der Waals surface area contributed by atoms with Gasteiger partial charge in [-0.05, 0) is 54.1 Å². The Morgan fingerprint density at radius 2 is 1.80 bits per heavy atom. The molecule has 1 amide bonds. The highest BCUT2D eigenvalue weighted by molar-refractivity contribution is 6.04. The fourth-order valence-corrected chi connectivity index (χ4v) is 2.40. The van der Waals surface area contributed by atoms with Crippen LogP contribution in [0, 0.1) is 5.82 Å². The zero-order valence-corrected chi connectivity index (χ0v) is 13.6. The van der Waals surface area contributed by atoms with E-state index in [0.717, 1.165) is 11.3 Å². The molecule has 0 spiro atoms. The molecular weight excluding hydrogens is 317 g/mol. The van der Waals surface area contributed by atoms with Gasteiger partial charge in [0.1, 0.15) is 5.82 Å². The molecule has 0 saturated carbocycles. The maximum absolute atomic E-state index is 12.9. The fourth-order valence-electron chi connectivity index (χ4n) is 2.40. The first-order chi connectivity index (χ1) is 12.2. The van der Waals surface area contributed by atoms with Gasteiger partial charge in [-0.2, -0.15) is 0 Å². The zero-order chi connectivity index (χ0) is 17.5. The van der Waals surface area contributed by atoms with E-state index in [1.807, 2.05) is 42.5 Å². The number of hydrogen-bond acceptors (Lipinski definition) is 3. The van der Waals surface area contributed by atoms with Gasteiger partial charge >= 0.3 is 0 Å². The molecular formula is C20H18FN3O. The van der Waals surface area contributed by atoms with Crippen LogP contribution in [0.2, 0.25) is 0 Å². The summed E-state index contributed by atoms with van der Waals surface area (Å²) in [6.07, 6.45) is 1.77. The first kappa shape index (κ1) is 16.8. The van der Waals surface area contributed by atoms with Crippen molar-refractivity contribution in [2.24, 2.45) is 0 Å². The number of hydrogen-bond donors (Lipinski definition) is 2. The average molecular weight is 335 g/mol. The number of halogens is 1. The Kier molecular flexibility index (Phi) is 5.49. The van der Waals surface area contributed by atoms with Crippen LogP contribution in [0.4, 0.5) is 10.1 Å². The number of nitrogens with zero attached hydrogens (tertiary/aromatic N) is 1. The maximum atomic E-state index is 12.9. The molecule has 0 aliphatic heterocycles. The molecule has 0 fully saturated rings. The summed E-state index contributed by atoms with van der Waals surface area (Å²) >= 11 is 0. The van der Waals surface area contributed by atoms with Crippen molar-refractivity contribution in [3.8, 4) is 0 Å². The number of aromatic nitrogens is 1. The predicted octanol–water partition coefficient (Wildman–Crippen LogP) is 3.76. The Bertz CT molecular complexity index is 835. The first-order valence-corrected chi connectivity index (χ1v) is 7.97. The second kappa shape index (κ2) is 8.17. The van der Waals surface area contributed by atoms with Crippen molar-refractivity contribution in [3.05, 3.63) is 95.6 Å². The molecule has 1 heterocycles. The lowest BCUT2D eigenvalue weighted by molar-refractivity contribution is 0.102. The molecule has 3 rings (SSSR count). The first-order valence-electron chi connectivity index (χ1n) is 7.97. The van der Waals surface area contributed by atoms with Crippen LogP contribution < -0.4 is 10.6 Å². The number of pyridine rings is 1. The number of amides is 1. The van der Waals surface area contributed by atoms with Crippen molar-refractivity contribution in [2.75, 3.05) is 5.32 Å². The number of carbonyl (C=O) groups excluding carboxylic acids is 1. The maximum Gasteiger partial charge on any atom is 0.255 e. The average Bonchev–Trinajstić information content (AvgIpc) is 2.63. The Labute approximate surface area is 145 Å². The van der Waals surface area contributed by atoms with E-state index in [-0.39, 0.29) is 11.7 Å². The lowest BCUT2D eigenvalue weighted by Gasteiger charge is -2.09. The van der Waals surface area contributed by atoms with Crippen LogP contribution in [0.25, 0.3) is 0 Å². The van der Waals surface area contributed by atoms with Crippen molar-refractivity contribution >= 4 is 11.6 Å². The molecule has 0 aliphatic rings. The van der Waals surface area contributed by atoms with Gasteiger partial charge in [-0.15, -0.1) is 0 Å². The highest BCUT2D eigenvalue weighted by atomic mass is 19.1. The molecule has 0 unspecified atom stereocenters. The molecule has 0 bridgehead atoms. The predicted molar refractivity (Wildman–Crippen MR) is 95.6 cm³/mol. The number of benzene rings is 2. The number of anilines is 1. The van der Waals surface area contributed by atoms with Crippen LogP contribution in [0.3, 0.4) is 0 Å². The highest BCUT2D eigenvalue weighted by Gasteiger charge is 2.06. The molecule has 1 aromatic heterocycles. The second-order valence-corrected chi connectivity index (χ2v) is 5.59. The summed E-state index contributed by atoms with van der Waals surface area (Å²) in [5.74, 6) is -0.629. The lowest BCUT2D eigenvalue weighted by Crippen LogP contribution is -2.15. The summed E-state index contributed by atoms with van der Waals surface area (Å²) in [5.41, 5.74) is 3.14. The summed E-state index contributed by atoms with van der Waals surface area (Å²) in [4.78, 5) is 16.4. The Morgan fingerprint density at radius 3 is 2.56 bits per heavy atom. The lowest BCUT2D eigenvalue weighted by atomic mass is 10.1. The van der Waals surface area contributed by atoms with E-state index in [1.165, 1.54) is 24.3 Å². The minimum Gasteiger partial charge on any atom is -0.322 e. The minimum absolute atomic E-state index is 0.265. The highest BCUT2D eigenvalue weighted by Crippen LogP contribution is 2.13. The van der Waals surface area contributed by atoms with Gasteiger partial charge in [-0.25, -0.2) is 4.39 Å². The molecule has 126 valence electrons. The minimum atomic E-state index is -0.363. The van der Waals surface area contributed by atoms with Gasteiger partial charge in [0.2, 0.25) is 0 Å². The largest absolute Gasteiger partial charge is 0.322 e. The van der Waals surface area contributed by atoms with E-state index >= 15 is 0 Å². The van der Waals surface area contributed by atoms with E-state index in [1.54, 1.807) is 6.20 Å². The van der Waals surface area contributed by atoms with Crippen LogP contribution >= 0.6 is 0 Å². The molecule has 0 saturated heterocycles. The Balaban J connectivity index is 1.57. The van der Waals surface area contributed by atoms with E-state index in [2.05, 4.69) is 15.6 Å². The van der Waals surface area contributed by atoms with E-state index in [0.29, 0.717) is 24.3 Å². The number of carbonyl (C=O) groups is 1. The molecule has 0 aliphatic carbocycles. The molecule has 4 nitrogen and oxygen atoms in total. The third-order valence-electron chi connectivity index (χ3n) is 3.65. The third kappa shape index (κ3) is 4.96. The second-order valence-electron chi connectivity index (χ2n) is 5.59. The quantitative estimate of drug-likeness (QED) is 0.721. The van der Waals surface area contributed by atoms with Gasteiger partial charge in [0.15, 0.2) is 0 Å². The van der Waals surface area contributed by atoms with Crippen LogP contribution in [0.15, 0.2) is 72.9 Å². The molecule has 0 radical (unpaired) electrons. The van der Waals surface area contributed by atoms with Gasteiger partial charge in [-0.3, -0.25) is 9.78 Å². The van der Waals surface area contributed by atoms with Gasteiger partial charge in [0.25, 0.3) is 5.91 Å². The topological polar surface area (TPSA) is 54.0 Å².